The van der Waals surface area contributed by atoms with Gasteiger partial charge in [-0.1, -0.05) is 0 Å². The second-order valence-corrected chi connectivity index (χ2v) is 11.9. The lowest BCUT2D eigenvalue weighted by Crippen LogP contribution is -2.49. The van der Waals surface area contributed by atoms with Crippen molar-refractivity contribution in [3.8, 4) is 11.1 Å². The highest BCUT2D eigenvalue weighted by molar-refractivity contribution is 6.09. The van der Waals surface area contributed by atoms with Crippen LogP contribution in [-0.4, -0.2) is 57.6 Å². The molecule has 0 spiro atoms. The highest BCUT2D eigenvalue weighted by Crippen LogP contribution is 2.33. The first-order valence-corrected chi connectivity index (χ1v) is 14.6. The number of pyridine rings is 2. The summed E-state index contributed by atoms with van der Waals surface area (Å²) in [6, 6.07) is 11.0. The Balaban J connectivity index is 1.47. The van der Waals surface area contributed by atoms with Crippen LogP contribution in [0.2, 0.25) is 0 Å². The molecule has 0 atom stereocenters. The summed E-state index contributed by atoms with van der Waals surface area (Å²) in [6.45, 7) is 18.7. The fraction of sp³-hybridized carbons (Fsp3) is 0.424. The van der Waals surface area contributed by atoms with Crippen LogP contribution in [0.15, 0.2) is 47.5 Å². The maximum Gasteiger partial charge on any atom is 0.253 e. The molecule has 5 rings (SSSR count). The first-order chi connectivity index (χ1) is 19.5. The number of carbonyl (C=O) groups excluding carboxylic acids is 1. The van der Waals surface area contributed by atoms with Gasteiger partial charge in [0.05, 0.1) is 0 Å². The quantitative estimate of drug-likeness (QED) is 0.321. The minimum absolute atomic E-state index is 0.163. The summed E-state index contributed by atoms with van der Waals surface area (Å²) in [4.78, 5) is 38.8. The molecule has 8 heteroatoms. The number of anilines is 1. The predicted octanol–water partition coefficient (Wildman–Crippen LogP) is 5.36. The van der Waals surface area contributed by atoms with Crippen LogP contribution in [-0.2, 0) is 6.54 Å². The highest BCUT2D eigenvalue weighted by Gasteiger charge is 2.21. The number of aromatic nitrogens is 3. The molecular weight excluding hydrogens is 512 g/mol. The van der Waals surface area contributed by atoms with Crippen molar-refractivity contribution in [2.75, 3.05) is 31.1 Å². The van der Waals surface area contributed by atoms with Crippen LogP contribution < -0.4 is 15.8 Å². The number of rotatable bonds is 7. The average molecular weight is 555 g/mol. The maximum absolute atomic E-state index is 13.7. The third kappa shape index (κ3) is 5.79. The van der Waals surface area contributed by atoms with E-state index in [1.165, 1.54) is 0 Å². The van der Waals surface area contributed by atoms with Crippen LogP contribution in [0.3, 0.4) is 0 Å². The number of hydrogen-bond acceptors (Lipinski definition) is 5. The van der Waals surface area contributed by atoms with E-state index in [0.717, 1.165) is 70.8 Å². The molecule has 0 unspecified atom stereocenters. The van der Waals surface area contributed by atoms with E-state index < -0.39 is 0 Å². The standard InChI is InChI=1S/C33H42N6O2/c1-20(2)37-10-12-38(13-11-37)30-9-8-25(17-34-30)26-15-27(31-23(6)19-39(21(3)4)29(31)16-26)32(40)35-18-28-22(5)14-24(7)36-33(28)41/h8-9,14-17,19-21H,10-13,18H2,1-7H3,(H,35,40)(H,36,41). The SMILES string of the molecule is Cc1cc(C)c(CNC(=O)c2cc(-c3ccc(N4CCN(C(C)C)CC4)nc3)cc3c2c(C)cn3C(C)C)c(=O)[nH]1. The molecule has 1 aromatic carbocycles. The normalized spacial score (nSPS) is 14.4. The van der Waals surface area contributed by atoms with E-state index >= 15 is 0 Å². The van der Waals surface area contributed by atoms with E-state index in [2.05, 4.69) is 76.8 Å². The van der Waals surface area contributed by atoms with E-state index in [0.29, 0.717) is 17.2 Å². The number of nitrogens with one attached hydrogen (secondary N) is 2. The topological polar surface area (TPSA) is 86.3 Å². The van der Waals surface area contributed by atoms with Crippen LogP contribution in [0.25, 0.3) is 22.0 Å². The predicted molar refractivity (Wildman–Crippen MR) is 167 cm³/mol. The second-order valence-electron chi connectivity index (χ2n) is 11.9. The molecule has 0 aliphatic carbocycles. The van der Waals surface area contributed by atoms with Gasteiger partial charge in [-0.05, 0) is 95.5 Å². The molecule has 4 aromatic rings. The zero-order valence-corrected chi connectivity index (χ0v) is 25.3. The number of amides is 1. The lowest BCUT2D eigenvalue weighted by atomic mass is 9.98. The van der Waals surface area contributed by atoms with Crippen molar-refractivity contribution < 1.29 is 4.79 Å². The third-order valence-electron chi connectivity index (χ3n) is 8.29. The summed E-state index contributed by atoms with van der Waals surface area (Å²) in [5.74, 6) is 0.782. The van der Waals surface area contributed by atoms with Gasteiger partial charge in [-0.25, -0.2) is 4.98 Å². The number of aromatic amines is 1. The summed E-state index contributed by atoms with van der Waals surface area (Å²) < 4.78 is 2.22. The van der Waals surface area contributed by atoms with Crippen molar-refractivity contribution in [3.05, 3.63) is 81.0 Å². The summed E-state index contributed by atoms with van der Waals surface area (Å²) >= 11 is 0. The molecule has 2 N–H and O–H groups in total. The monoisotopic (exact) mass is 554 g/mol. The van der Waals surface area contributed by atoms with Crippen molar-refractivity contribution in [1.29, 1.82) is 0 Å². The van der Waals surface area contributed by atoms with E-state index in [4.69, 9.17) is 4.98 Å². The average Bonchev–Trinajstić information content (AvgIpc) is 3.28. The van der Waals surface area contributed by atoms with Crippen LogP contribution in [0.1, 0.15) is 66.5 Å². The lowest BCUT2D eigenvalue weighted by molar-refractivity contribution is 0.0952. The molecular formula is C33H42N6O2. The number of aryl methyl sites for hydroxylation is 3. The number of H-pyrrole nitrogens is 1. The van der Waals surface area contributed by atoms with Crippen LogP contribution >= 0.6 is 0 Å². The number of fused-ring (bicyclic) bond motifs is 1. The number of hydrogen-bond donors (Lipinski definition) is 2. The van der Waals surface area contributed by atoms with E-state index in [1.807, 2.05) is 39.1 Å². The smallest absolute Gasteiger partial charge is 0.253 e. The van der Waals surface area contributed by atoms with Crippen LogP contribution in [0.5, 0.6) is 0 Å². The lowest BCUT2D eigenvalue weighted by Gasteiger charge is -2.37. The molecule has 41 heavy (non-hydrogen) atoms. The number of benzene rings is 1. The Morgan fingerprint density at radius 1 is 0.951 bits per heavy atom. The molecule has 3 aromatic heterocycles. The Bertz CT molecular complexity index is 1620. The van der Waals surface area contributed by atoms with Crippen LogP contribution in [0, 0.1) is 20.8 Å². The van der Waals surface area contributed by atoms with Gasteiger partial charge >= 0.3 is 0 Å². The Morgan fingerprint density at radius 3 is 2.29 bits per heavy atom. The Kier molecular flexibility index (Phi) is 8.04. The fourth-order valence-electron chi connectivity index (χ4n) is 5.94. The van der Waals surface area contributed by atoms with E-state index in [-0.39, 0.29) is 24.1 Å². The van der Waals surface area contributed by atoms with Gasteiger partial charge in [0.15, 0.2) is 0 Å². The fourth-order valence-corrected chi connectivity index (χ4v) is 5.94. The highest BCUT2D eigenvalue weighted by atomic mass is 16.1. The zero-order chi connectivity index (χ0) is 29.4. The number of carbonyl (C=O) groups is 1. The van der Waals surface area contributed by atoms with Crippen molar-refractivity contribution in [1.82, 2.24) is 24.8 Å². The van der Waals surface area contributed by atoms with E-state index in [9.17, 15) is 9.59 Å². The minimum Gasteiger partial charge on any atom is -0.354 e. The Labute approximate surface area is 242 Å². The number of nitrogens with zero attached hydrogens (tertiary/aromatic N) is 4. The third-order valence-corrected chi connectivity index (χ3v) is 8.29. The molecule has 4 heterocycles. The number of piperazine rings is 1. The van der Waals surface area contributed by atoms with Gasteiger partial charge in [0.1, 0.15) is 5.82 Å². The van der Waals surface area contributed by atoms with Gasteiger partial charge in [-0.2, -0.15) is 0 Å². The Morgan fingerprint density at radius 2 is 1.68 bits per heavy atom. The summed E-state index contributed by atoms with van der Waals surface area (Å²) in [5, 5.41) is 3.95. The van der Waals surface area contributed by atoms with Gasteiger partial charge < -0.3 is 19.8 Å². The zero-order valence-electron chi connectivity index (χ0n) is 25.3. The molecule has 1 saturated heterocycles. The first-order valence-electron chi connectivity index (χ1n) is 14.6. The van der Waals surface area contributed by atoms with Crippen molar-refractivity contribution in [3.63, 3.8) is 0 Å². The van der Waals surface area contributed by atoms with Gasteiger partial charge in [0.2, 0.25) is 0 Å². The Hall–Kier alpha value is -3.91. The van der Waals surface area contributed by atoms with Crippen molar-refractivity contribution in [2.45, 2.75) is 67.1 Å². The van der Waals surface area contributed by atoms with Gasteiger partial charge in [-0.15, -0.1) is 0 Å². The molecule has 0 radical (unpaired) electrons. The van der Waals surface area contributed by atoms with Crippen LogP contribution in [0.4, 0.5) is 5.82 Å². The molecule has 1 fully saturated rings. The van der Waals surface area contributed by atoms with Gasteiger partial charge in [0, 0.05) is 90.5 Å². The second kappa shape index (κ2) is 11.5. The largest absolute Gasteiger partial charge is 0.354 e. The van der Waals surface area contributed by atoms with E-state index in [1.54, 1.807) is 0 Å². The first kappa shape index (κ1) is 28.6. The van der Waals surface area contributed by atoms with Crippen molar-refractivity contribution >= 4 is 22.6 Å². The molecule has 1 amide bonds. The summed E-state index contributed by atoms with van der Waals surface area (Å²) in [5.41, 5.74) is 6.64. The molecule has 8 nitrogen and oxygen atoms in total. The van der Waals surface area contributed by atoms with Gasteiger partial charge in [0.25, 0.3) is 11.5 Å². The van der Waals surface area contributed by atoms with Crippen molar-refractivity contribution in [2.24, 2.45) is 0 Å². The molecule has 0 saturated carbocycles. The maximum atomic E-state index is 13.7. The minimum atomic E-state index is -0.201. The molecule has 1 aliphatic rings. The molecule has 1 aliphatic heterocycles. The summed E-state index contributed by atoms with van der Waals surface area (Å²) in [6.07, 6.45) is 4.03. The molecule has 0 bridgehead atoms. The van der Waals surface area contributed by atoms with Gasteiger partial charge in [-0.3, -0.25) is 14.5 Å². The summed E-state index contributed by atoms with van der Waals surface area (Å²) in [7, 11) is 0. The molecule has 216 valence electrons.